The summed E-state index contributed by atoms with van der Waals surface area (Å²) in [6.45, 7) is 2.25. The first-order valence-electron chi connectivity index (χ1n) is 6.59. The van der Waals surface area contributed by atoms with Crippen molar-refractivity contribution in [2.45, 2.75) is 19.3 Å². The predicted octanol–water partition coefficient (Wildman–Crippen LogP) is 2.80. The van der Waals surface area contributed by atoms with Gasteiger partial charge < -0.3 is 10.5 Å². The number of anilines is 1. The molecule has 4 nitrogen and oxygen atoms in total. The molecule has 2 atom stereocenters. The van der Waals surface area contributed by atoms with Crippen LogP contribution in [0.5, 0.6) is 5.75 Å². The second kappa shape index (κ2) is 4.30. The third kappa shape index (κ3) is 1.87. The fraction of sp³-hybridized carbons (Fsp3) is 0.400. The van der Waals surface area contributed by atoms with E-state index in [0.717, 1.165) is 22.6 Å². The second-order valence-corrected chi connectivity index (χ2v) is 5.29. The molecule has 1 saturated carbocycles. The maximum atomic E-state index is 6.21. The lowest BCUT2D eigenvalue weighted by molar-refractivity contribution is 0.416. The van der Waals surface area contributed by atoms with Crippen molar-refractivity contribution in [2.24, 2.45) is 13.0 Å². The summed E-state index contributed by atoms with van der Waals surface area (Å²) in [5.74, 6) is 2.78. The molecule has 0 saturated heterocycles. The molecular formula is C15H19N3O. The van der Waals surface area contributed by atoms with Crippen LogP contribution in [0.1, 0.15) is 25.0 Å². The highest BCUT2D eigenvalue weighted by atomic mass is 16.5. The molecule has 1 fully saturated rings. The molecule has 0 bridgehead atoms. The Hall–Kier alpha value is -1.97. The molecule has 2 unspecified atom stereocenters. The minimum Gasteiger partial charge on any atom is -0.496 e. The van der Waals surface area contributed by atoms with Gasteiger partial charge in [-0.2, -0.15) is 5.10 Å². The van der Waals surface area contributed by atoms with E-state index in [1.54, 1.807) is 11.8 Å². The molecule has 1 heterocycles. The van der Waals surface area contributed by atoms with Crippen molar-refractivity contribution >= 4 is 5.82 Å². The average molecular weight is 257 g/mol. The lowest BCUT2D eigenvalue weighted by Crippen LogP contribution is -1.98. The lowest BCUT2D eigenvalue weighted by atomic mass is 10.0. The van der Waals surface area contributed by atoms with Crippen LogP contribution >= 0.6 is 0 Å². The number of benzene rings is 1. The summed E-state index contributed by atoms with van der Waals surface area (Å²) in [5.41, 5.74) is 9.39. The Morgan fingerprint density at radius 3 is 2.68 bits per heavy atom. The summed E-state index contributed by atoms with van der Waals surface area (Å²) in [6, 6.07) is 7.98. The number of hydrogen-bond acceptors (Lipinski definition) is 3. The van der Waals surface area contributed by atoms with Crippen LogP contribution in [0.15, 0.2) is 24.3 Å². The van der Waals surface area contributed by atoms with Crippen molar-refractivity contribution in [3.8, 4) is 16.9 Å². The lowest BCUT2D eigenvalue weighted by Gasteiger charge is -2.09. The molecule has 3 rings (SSSR count). The van der Waals surface area contributed by atoms with Crippen LogP contribution in [0.2, 0.25) is 0 Å². The van der Waals surface area contributed by atoms with Crippen LogP contribution in [0.4, 0.5) is 5.82 Å². The first-order valence-corrected chi connectivity index (χ1v) is 6.59. The number of rotatable bonds is 3. The molecule has 1 aliphatic carbocycles. The van der Waals surface area contributed by atoms with Gasteiger partial charge in [0.25, 0.3) is 0 Å². The van der Waals surface area contributed by atoms with Gasteiger partial charge in [0.05, 0.1) is 18.4 Å². The summed E-state index contributed by atoms with van der Waals surface area (Å²) in [5, 5.41) is 4.61. The van der Waals surface area contributed by atoms with Gasteiger partial charge in [0.15, 0.2) is 0 Å². The van der Waals surface area contributed by atoms with E-state index in [0.29, 0.717) is 17.7 Å². The average Bonchev–Trinajstić information content (AvgIpc) is 3.07. The number of methoxy groups -OCH3 is 1. The number of para-hydroxylation sites is 1. The topological polar surface area (TPSA) is 53.1 Å². The van der Waals surface area contributed by atoms with Gasteiger partial charge in [0.2, 0.25) is 0 Å². The minimum absolute atomic E-state index is 0.531. The van der Waals surface area contributed by atoms with E-state index >= 15 is 0 Å². The van der Waals surface area contributed by atoms with E-state index in [9.17, 15) is 0 Å². The summed E-state index contributed by atoms with van der Waals surface area (Å²) in [4.78, 5) is 0. The van der Waals surface area contributed by atoms with E-state index in [2.05, 4.69) is 12.0 Å². The quantitative estimate of drug-likeness (QED) is 0.920. The number of ether oxygens (including phenoxy) is 1. The maximum Gasteiger partial charge on any atom is 0.129 e. The number of nitrogens with two attached hydrogens (primary N) is 1. The minimum atomic E-state index is 0.531. The van der Waals surface area contributed by atoms with E-state index in [4.69, 9.17) is 10.5 Å². The number of hydrogen-bond donors (Lipinski definition) is 1. The summed E-state index contributed by atoms with van der Waals surface area (Å²) in [6.07, 6.45) is 1.19. The van der Waals surface area contributed by atoms with Crippen molar-refractivity contribution in [1.29, 1.82) is 0 Å². The normalized spacial score (nSPS) is 21.4. The van der Waals surface area contributed by atoms with E-state index < -0.39 is 0 Å². The van der Waals surface area contributed by atoms with Crippen LogP contribution in [0.3, 0.4) is 0 Å². The van der Waals surface area contributed by atoms with E-state index in [1.165, 1.54) is 6.42 Å². The number of aryl methyl sites for hydroxylation is 1. The Morgan fingerprint density at radius 2 is 2.05 bits per heavy atom. The second-order valence-electron chi connectivity index (χ2n) is 5.29. The molecule has 1 aromatic carbocycles. The molecule has 100 valence electrons. The molecule has 19 heavy (non-hydrogen) atoms. The van der Waals surface area contributed by atoms with Gasteiger partial charge in [-0.1, -0.05) is 25.1 Å². The molecule has 4 heteroatoms. The van der Waals surface area contributed by atoms with Crippen molar-refractivity contribution in [3.63, 3.8) is 0 Å². The highest BCUT2D eigenvalue weighted by molar-refractivity contribution is 5.81. The Bertz CT molecular complexity index is 618. The van der Waals surface area contributed by atoms with Gasteiger partial charge in [-0.15, -0.1) is 0 Å². The zero-order chi connectivity index (χ0) is 13.6. The highest BCUT2D eigenvalue weighted by Crippen LogP contribution is 2.51. The number of aromatic nitrogens is 2. The smallest absolute Gasteiger partial charge is 0.129 e. The molecule has 2 N–H and O–H groups in total. The summed E-state index contributed by atoms with van der Waals surface area (Å²) >= 11 is 0. The third-order valence-electron chi connectivity index (χ3n) is 3.96. The van der Waals surface area contributed by atoms with Crippen molar-refractivity contribution in [3.05, 3.63) is 30.0 Å². The number of nitrogens with zero attached hydrogens (tertiary/aromatic N) is 2. The molecule has 0 radical (unpaired) electrons. The van der Waals surface area contributed by atoms with Crippen molar-refractivity contribution in [1.82, 2.24) is 9.78 Å². The van der Waals surface area contributed by atoms with Crippen LogP contribution in [-0.2, 0) is 7.05 Å². The highest BCUT2D eigenvalue weighted by Gasteiger charge is 2.39. The van der Waals surface area contributed by atoms with E-state index in [-0.39, 0.29) is 0 Å². The Kier molecular flexibility index (Phi) is 2.73. The zero-order valence-corrected chi connectivity index (χ0v) is 11.6. The molecule has 1 aromatic heterocycles. The third-order valence-corrected chi connectivity index (χ3v) is 3.96. The summed E-state index contributed by atoms with van der Waals surface area (Å²) in [7, 11) is 3.58. The Morgan fingerprint density at radius 1 is 1.37 bits per heavy atom. The molecule has 0 amide bonds. The van der Waals surface area contributed by atoms with Crippen LogP contribution in [0.25, 0.3) is 11.1 Å². The van der Waals surface area contributed by atoms with Gasteiger partial charge >= 0.3 is 0 Å². The largest absolute Gasteiger partial charge is 0.496 e. The fourth-order valence-electron chi connectivity index (χ4n) is 2.65. The van der Waals surface area contributed by atoms with Crippen LogP contribution in [-0.4, -0.2) is 16.9 Å². The Balaban J connectivity index is 2.18. The van der Waals surface area contributed by atoms with Crippen molar-refractivity contribution < 1.29 is 4.74 Å². The van der Waals surface area contributed by atoms with E-state index in [1.807, 2.05) is 31.3 Å². The van der Waals surface area contributed by atoms with Crippen LogP contribution < -0.4 is 10.5 Å². The molecule has 0 aliphatic heterocycles. The van der Waals surface area contributed by atoms with Gasteiger partial charge in [0, 0.05) is 18.5 Å². The monoisotopic (exact) mass is 257 g/mol. The first kappa shape index (κ1) is 12.1. The predicted molar refractivity (Wildman–Crippen MR) is 76.1 cm³/mol. The van der Waals surface area contributed by atoms with Gasteiger partial charge in [0.1, 0.15) is 11.6 Å². The summed E-state index contributed by atoms with van der Waals surface area (Å²) < 4.78 is 7.22. The maximum absolute atomic E-state index is 6.21. The standard InChI is InChI=1S/C15H19N3O/c1-9-8-11(9)14-13(15(16)18(2)17-14)10-6-4-5-7-12(10)19-3/h4-7,9,11H,8,16H2,1-3H3. The Labute approximate surface area is 113 Å². The molecule has 2 aromatic rings. The van der Waals surface area contributed by atoms with Gasteiger partial charge in [-0.05, 0) is 18.4 Å². The number of nitrogen functional groups attached to an aromatic ring is 1. The fourth-order valence-corrected chi connectivity index (χ4v) is 2.65. The van der Waals surface area contributed by atoms with Crippen molar-refractivity contribution in [2.75, 3.05) is 12.8 Å². The van der Waals surface area contributed by atoms with Gasteiger partial charge in [-0.3, -0.25) is 4.68 Å². The zero-order valence-electron chi connectivity index (χ0n) is 11.6. The first-order chi connectivity index (χ1) is 9.13. The SMILES string of the molecule is COc1ccccc1-c1c(C2CC2C)nn(C)c1N. The van der Waals surface area contributed by atoms with Crippen LogP contribution in [0, 0.1) is 5.92 Å². The molecular weight excluding hydrogens is 238 g/mol. The molecule has 1 aliphatic rings. The van der Waals surface area contributed by atoms with Gasteiger partial charge in [-0.25, -0.2) is 0 Å². The molecule has 0 spiro atoms.